The fraction of sp³-hybridized carbons (Fsp3) is 0.0909. The van der Waals surface area contributed by atoms with Crippen molar-refractivity contribution in [3.8, 4) is 0 Å². The molecular formula is C11H9BrFNO2S2. The largest absolute Gasteiger partial charge is 0.279 e. The quantitative estimate of drug-likeness (QED) is 0.916. The minimum Gasteiger partial charge on any atom is -0.279 e. The Hall–Kier alpha value is -0.920. The van der Waals surface area contributed by atoms with Gasteiger partial charge in [-0.05, 0) is 52.7 Å². The summed E-state index contributed by atoms with van der Waals surface area (Å²) in [6, 6.07) is 7.12. The maximum Gasteiger partial charge on any atom is 0.271 e. The van der Waals surface area contributed by atoms with Gasteiger partial charge in [0.1, 0.15) is 10.0 Å². The number of anilines is 1. The second-order valence-electron chi connectivity index (χ2n) is 3.62. The van der Waals surface area contributed by atoms with Gasteiger partial charge in [-0.1, -0.05) is 6.07 Å². The summed E-state index contributed by atoms with van der Waals surface area (Å²) in [4.78, 5) is 0. The van der Waals surface area contributed by atoms with Crippen molar-refractivity contribution >= 4 is 43.0 Å². The summed E-state index contributed by atoms with van der Waals surface area (Å²) in [5.74, 6) is -0.481. The number of nitrogens with one attached hydrogen (secondary N) is 1. The van der Waals surface area contributed by atoms with Gasteiger partial charge in [-0.3, -0.25) is 4.72 Å². The Bertz CT molecular complexity index is 682. The molecule has 0 unspecified atom stereocenters. The normalized spacial score (nSPS) is 11.5. The molecule has 18 heavy (non-hydrogen) atoms. The Morgan fingerprint density at radius 2 is 2.00 bits per heavy atom. The average Bonchev–Trinajstić information content (AvgIpc) is 2.71. The van der Waals surface area contributed by atoms with Gasteiger partial charge < -0.3 is 0 Å². The van der Waals surface area contributed by atoms with Crippen LogP contribution in [0.5, 0.6) is 0 Å². The lowest BCUT2D eigenvalue weighted by Crippen LogP contribution is -2.12. The number of benzene rings is 1. The van der Waals surface area contributed by atoms with E-state index in [-0.39, 0.29) is 9.90 Å². The topological polar surface area (TPSA) is 46.2 Å². The monoisotopic (exact) mass is 349 g/mol. The Balaban J connectivity index is 2.36. The van der Waals surface area contributed by atoms with Crippen molar-refractivity contribution in [3.05, 3.63) is 45.5 Å². The molecule has 0 atom stereocenters. The highest BCUT2D eigenvalue weighted by atomic mass is 79.9. The number of halogens is 2. The number of aryl methyl sites for hydroxylation is 1. The van der Waals surface area contributed by atoms with E-state index in [1.807, 2.05) is 0 Å². The van der Waals surface area contributed by atoms with E-state index in [1.54, 1.807) is 13.0 Å². The molecule has 2 rings (SSSR count). The zero-order valence-corrected chi connectivity index (χ0v) is 12.5. The van der Waals surface area contributed by atoms with Gasteiger partial charge in [0, 0.05) is 0 Å². The average molecular weight is 350 g/mol. The van der Waals surface area contributed by atoms with Crippen molar-refractivity contribution < 1.29 is 12.8 Å². The molecule has 1 aromatic carbocycles. The maximum atomic E-state index is 13.1. The molecule has 0 saturated heterocycles. The zero-order chi connectivity index (χ0) is 13.3. The molecule has 2 aromatic rings. The fourth-order valence-corrected chi connectivity index (χ4v) is 4.47. The number of hydrogen-bond donors (Lipinski definition) is 1. The van der Waals surface area contributed by atoms with Crippen molar-refractivity contribution in [2.45, 2.75) is 11.1 Å². The predicted molar refractivity (Wildman–Crippen MR) is 74.0 cm³/mol. The molecule has 0 saturated carbocycles. The summed E-state index contributed by atoms with van der Waals surface area (Å²) in [6.07, 6.45) is 0. The highest BCUT2D eigenvalue weighted by Gasteiger charge is 2.17. The van der Waals surface area contributed by atoms with E-state index in [1.165, 1.54) is 18.2 Å². The van der Waals surface area contributed by atoms with Crippen molar-refractivity contribution in [2.75, 3.05) is 4.72 Å². The Labute approximate surface area is 117 Å². The van der Waals surface area contributed by atoms with E-state index in [0.29, 0.717) is 5.56 Å². The van der Waals surface area contributed by atoms with Crippen molar-refractivity contribution in [1.82, 2.24) is 0 Å². The van der Waals surface area contributed by atoms with E-state index in [2.05, 4.69) is 20.7 Å². The highest BCUT2D eigenvalue weighted by molar-refractivity contribution is 9.11. The van der Waals surface area contributed by atoms with Gasteiger partial charge >= 0.3 is 0 Å². The van der Waals surface area contributed by atoms with Gasteiger partial charge in [-0.15, -0.1) is 11.3 Å². The van der Waals surface area contributed by atoms with Crippen LogP contribution in [0.25, 0.3) is 0 Å². The molecule has 0 aliphatic carbocycles. The molecule has 1 heterocycles. The summed E-state index contributed by atoms with van der Waals surface area (Å²) in [7, 11) is -3.66. The van der Waals surface area contributed by atoms with Gasteiger partial charge in [-0.25, -0.2) is 12.8 Å². The molecule has 1 N–H and O–H groups in total. The van der Waals surface area contributed by atoms with Gasteiger partial charge in [-0.2, -0.15) is 0 Å². The number of sulfonamides is 1. The van der Waals surface area contributed by atoms with Crippen LogP contribution in [0.4, 0.5) is 10.1 Å². The van der Waals surface area contributed by atoms with E-state index in [9.17, 15) is 12.8 Å². The summed E-state index contributed by atoms with van der Waals surface area (Å²) in [5.41, 5.74) is 0.912. The van der Waals surface area contributed by atoms with Gasteiger partial charge in [0.05, 0.1) is 9.47 Å². The molecule has 0 fully saturated rings. The SMILES string of the molecule is Cc1ccc(F)cc1NS(=O)(=O)c1ccc(Br)s1. The van der Waals surface area contributed by atoms with E-state index in [0.717, 1.165) is 21.2 Å². The maximum absolute atomic E-state index is 13.1. The van der Waals surface area contributed by atoms with E-state index in [4.69, 9.17) is 0 Å². The molecule has 0 aliphatic rings. The van der Waals surface area contributed by atoms with Crippen LogP contribution in [-0.4, -0.2) is 8.42 Å². The molecule has 0 radical (unpaired) electrons. The number of thiophene rings is 1. The Kier molecular flexibility index (Phi) is 3.74. The van der Waals surface area contributed by atoms with Crippen LogP contribution in [0.2, 0.25) is 0 Å². The molecule has 7 heteroatoms. The van der Waals surface area contributed by atoms with Crippen molar-refractivity contribution in [1.29, 1.82) is 0 Å². The molecule has 96 valence electrons. The molecule has 0 aliphatic heterocycles. The van der Waals surface area contributed by atoms with Crippen molar-refractivity contribution in [2.24, 2.45) is 0 Å². The summed E-state index contributed by atoms with van der Waals surface area (Å²) in [5, 5.41) is 0. The summed E-state index contributed by atoms with van der Waals surface area (Å²) in [6.45, 7) is 1.71. The molecular weight excluding hydrogens is 341 g/mol. The smallest absolute Gasteiger partial charge is 0.271 e. The second kappa shape index (κ2) is 4.99. The molecule has 1 aromatic heterocycles. The minimum atomic E-state index is -3.66. The predicted octanol–water partition coefficient (Wildman–Crippen LogP) is 3.76. The third kappa shape index (κ3) is 2.90. The Morgan fingerprint density at radius 3 is 2.61 bits per heavy atom. The third-order valence-corrected chi connectivity index (χ3v) is 5.74. The van der Waals surface area contributed by atoms with Crippen LogP contribution >= 0.6 is 27.3 Å². The van der Waals surface area contributed by atoms with Gasteiger partial charge in [0.15, 0.2) is 0 Å². The third-order valence-electron chi connectivity index (χ3n) is 2.26. The number of hydrogen-bond acceptors (Lipinski definition) is 3. The van der Waals surface area contributed by atoms with E-state index >= 15 is 0 Å². The zero-order valence-electron chi connectivity index (χ0n) is 9.28. The summed E-state index contributed by atoms with van der Waals surface area (Å²) < 4.78 is 40.4. The Morgan fingerprint density at radius 1 is 1.28 bits per heavy atom. The van der Waals surface area contributed by atoms with Crippen LogP contribution in [0, 0.1) is 12.7 Å². The van der Waals surface area contributed by atoms with Gasteiger partial charge in [0.25, 0.3) is 10.0 Å². The minimum absolute atomic E-state index is 0.179. The van der Waals surface area contributed by atoms with Gasteiger partial charge in [0.2, 0.25) is 0 Å². The first-order valence-corrected chi connectivity index (χ1v) is 8.02. The van der Waals surface area contributed by atoms with Crippen molar-refractivity contribution in [3.63, 3.8) is 0 Å². The lowest BCUT2D eigenvalue weighted by atomic mass is 10.2. The molecule has 0 bridgehead atoms. The first-order chi connectivity index (χ1) is 8.38. The van der Waals surface area contributed by atoms with Crippen LogP contribution in [0.1, 0.15) is 5.56 Å². The fourth-order valence-electron chi connectivity index (χ4n) is 1.34. The molecule has 0 spiro atoms. The van der Waals surface area contributed by atoms with Crippen LogP contribution < -0.4 is 4.72 Å². The highest BCUT2D eigenvalue weighted by Crippen LogP contribution is 2.28. The standard InChI is InChI=1S/C11H9BrFNO2S2/c1-7-2-3-8(13)6-9(7)14-18(15,16)11-5-4-10(12)17-11/h2-6,14H,1H3. The first kappa shape index (κ1) is 13.5. The van der Waals surface area contributed by atoms with E-state index < -0.39 is 15.8 Å². The van der Waals surface area contributed by atoms with Crippen LogP contribution in [0.3, 0.4) is 0 Å². The van der Waals surface area contributed by atoms with Crippen LogP contribution in [0.15, 0.2) is 38.3 Å². The molecule has 3 nitrogen and oxygen atoms in total. The van der Waals surface area contributed by atoms with Crippen LogP contribution in [-0.2, 0) is 10.0 Å². The number of rotatable bonds is 3. The lowest BCUT2D eigenvalue weighted by molar-refractivity contribution is 0.603. The lowest BCUT2D eigenvalue weighted by Gasteiger charge is -2.09. The second-order valence-corrected chi connectivity index (χ2v) is 8.00. The summed E-state index contributed by atoms with van der Waals surface area (Å²) >= 11 is 4.30. The molecule has 0 amide bonds. The first-order valence-electron chi connectivity index (χ1n) is 4.93.